The van der Waals surface area contributed by atoms with E-state index in [0.717, 1.165) is 18.2 Å². The summed E-state index contributed by atoms with van der Waals surface area (Å²) >= 11 is 0. The number of hydrogen-bond acceptors (Lipinski definition) is 6. The summed E-state index contributed by atoms with van der Waals surface area (Å²) in [6.07, 6.45) is 2.82. The van der Waals surface area contributed by atoms with Gasteiger partial charge in [0.15, 0.2) is 0 Å². The van der Waals surface area contributed by atoms with E-state index >= 15 is 0 Å². The molecule has 0 saturated carbocycles. The predicted molar refractivity (Wildman–Crippen MR) is 66.9 cm³/mol. The highest BCUT2D eigenvalue weighted by Crippen LogP contribution is 2.32. The van der Waals surface area contributed by atoms with Crippen molar-refractivity contribution < 1.29 is 19.6 Å². The van der Waals surface area contributed by atoms with Crippen LogP contribution in [0.5, 0.6) is 11.6 Å². The molecule has 0 unspecified atom stereocenters. The molecule has 1 heterocycles. The quantitative estimate of drug-likeness (QED) is 0.671. The molecule has 0 saturated heterocycles. The first-order chi connectivity index (χ1) is 9.49. The Labute approximate surface area is 112 Å². The van der Waals surface area contributed by atoms with Crippen molar-refractivity contribution >= 4 is 11.7 Å². The number of nitro groups is 1. The molecule has 2 aromatic rings. The zero-order valence-corrected chi connectivity index (χ0v) is 10.3. The van der Waals surface area contributed by atoms with Gasteiger partial charge in [-0.3, -0.25) is 15.1 Å². The van der Waals surface area contributed by atoms with Crippen LogP contribution >= 0.6 is 0 Å². The lowest BCUT2D eigenvalue weighted by Gasteiger charge is -2.07. The van der Waals surface area contributed by atoms with Crippen LogP contribution in [-0.4, -0.2) is 26.0 Å². The number of carbonyl (C=O) groups is 1. The highest BCUT2D eigenvalue weighted by molar-refractivity contribution is 5.88. The van der Waals surface area contributed by atoms with E-state index in [0.29, 0.717) is 5.69 Å². The van der Waals surface area contributed by atoms with Gasteiger partial charge < -0.3 is 9.84 Å². The SMILES string of the molecule is Cc1nccnc1Oc1cc(C(=O)O)ccc1[N+](=O)[O-]. The minimum atomic E-state index is -1.21. The van der Waals surface area contributed by atoms with Crippen molar-refractivity contribution in [2.24, 2.45) is 0 Å². The van der Waals surface area contributed by atoms with Gasteiger partial charge in [-0.25, -0.2) is 9.78 Å². The van der Waals surface area contributed by atoms with Crippen LogP contribution in [0.15, 0.2) is 30.6 Å². The van der Waals surface area contributed by atoms with Gasteiger partial charge in [0, 0.05) is 24.5 Å². The minimum absolute atomic E-state index is 0.0816. The van der Waals surface area contributed by atoms with Gasteiger partial charge in [-0.1, -0.05) is 0 Å². The molecule has 0 bridgehead atoms. The highest BCUT2D eigenvalue weighted by atomic mass is 16.6. The van der Waals surface area contributed by atoms with Crippen molar-refractivity contribution in [1.29, 1.82) is 0 Å². The lowest BCUT2D eigenvalue weighted by Crippen LogP contribution is -2.01. The van der Waals surface area contributed by atoms with Gasteiger partial charge in [-0.2, -0.15) is 0 Å². The van der Waals surface area contributed by atoms with E-state index in [9.17, 15) is 14.9 Å². The fourth-order valence-corrected chi connectivity index (χ4v) is 1.48. The Morgan fingerprint density at radius 1 is 1.35 bits per heavy atom. The Morgan fingerprint density at radius 3 is 2.65 bits per heavy atom. The van der Waals surface area contributed by atoms with E-state index in [1.165, 1.54) is 12.4 Å². The summed E-state index contributed by atoms with van der Waals surface area (Å²) in [5.74, 6) is -1.32. The zero-order chi connectivity index (χ0) is 14.7. The molecule has 0 aliphatic rings. The molecule has 2 rings (SSSR count). The van der Waals surface area contributed by atoms with Crippen molar-refractivity contribution in [3.8, 4) is 11.6 Å². The van der Waals surface area contributed by atoms with Crippen LogP contribution in [0.4, 0.5) is 5.69 Å². The molecule has 1 aromatic carbocycles. The first-order valence-electron chi connectivity index (χ1n) is 5.46. The number of ether oxygens (including phenoxy) is 1. The fraction of sp³-hybridized carbons (Fsp3) is 0.0833. The van der Waals surface area contributed by atoms with Crippen LogP contribution in [-0.2, 0) is 0 Å². The smallest absolute Gasteiger partial charge is 0.335 e. The molecule has 1 aromatic heterocycles. The van der Waals surface area contributed by atoms with Gasteiger partial charge in [0.2, 0.25) is 11.6 Å². The number of aromatic carboxylic acids is 1. The van der Waals surface area contributed by atoms with Gasteiger partial charge in [-0.15, -0.1) is 0 Å². The van der Waals surface area contributed by atoms with Crippen LogP contribution < -0.4 is 4.74 Å². The normalized spacial score (nSPS) is 10.1. The molecule has 20 heavy (non-hydrogen) atoms. The number of benzene rings is 1. The maximum atomic E-state index is 10.9. The van der Waals surface area contributed by atoms with Gasteiger partial charge in [-0.05, 0) is 13.0 Å². The first-order valence-corrected chi connectivity index (χ1v) is 5.46. The number of aromatic nitrogens is 2. The molecule has 0 amide bonds. The molecule has 0 fully saturated rings. The average Bonchev–Trinajstić information content (AvgIpc) is 2.41. The van der Waals surface area contributed by atoms with E-state index in [-0.39, 0.29) is 22.9 Å². The van der Waals surface area contributed by atoms with Crippen LogP contribution in [0.1, 0.15) is 16.1 Å². The summed E-state index contributed by atoms with van der Waals surface area (Å²) in [4.78, 5) is 29.0. The molecule has 102 valence electrons. The van der Waals surface area contributed by atoms with E-state index < -0.39 is 10.9 Å². The number of aryl methyl sites for hydroxylation is 1. The Kier molecular flexibility index (Phi) is 3.56. The fourth-order valence-electron chi connectivity index (χ4n) is 1.48. The van der Waals surface area contributed by atoms with Crippen LogP contribution in [0.2, 0.25) is 0 Å². The molecule has 0 atom stereocenters. The van der Waals surface area contributed by atoms with Crippen molar-refractivity contribution in [3.05, 3.63) is 52.0 Å². The molecule has 0 spiro atoms. The number of nitrogens with zero attached hydrogens (tertiary/aromatic N) is 3. The van der Waals surface area contributed by atoms with E-state index in [2.05, 4.69) is 9.97 Å². The summed E-state index contributed by atoms with van der Waals surface area (Å²) in [5, 5.41) is 19.8. The largest absolute Gasteiger partial charge is 0.478 e. The second-order valence-corrected chi connectivity index (χ2v) is 3.79. The number of nitro benzene ring substituents is 1. The predicted octanol–water partition coefficient (Wildman–Crippen LogP) is 2.18. The monoisotopic (exact) mass is 275 g/mol. The van der Waals surface area contributed by atoms with E-state index in [1.54, 1.807) is 6.92 Å². The van der Waals surface area contributed by atoms with Crippen molar-refractivity contribution in [2.45, 2.75) is 6.92 Å². The van der Waals surface area contributed by atoms with Crippen molar-refractivity contribution in [2.75, 3.05) is 0 Å². The Bertz CT molecular complexity index is 687. The summed E-state index contributed by atoms with van der Waals surface area (Å²) in [7, 11) is 0. The van der Waals surface area contributed by atoms with E-state index in [4.69, 9.17) is 9.84 Å². The second kappa shape index (κ2) is 5.31. The standard InChI is InChI=1S/C12H9N3O5/c1-7-11(14-5-4-13-7)20-10-6-8(12(16)17)2-3-9(10)15(18)19/h2-6H,1H3,(H,16,17). The van der Waals surface area contributed by atoms with Crippen LogP contribution in [0, 0.1) is 17.0 Å². The third kappa shape index (κ3) is 2.69. The third-order valence-corrected chi connectivity index (χ3v) is 2.45. The molecule has 0 aliphatic heterocycles. The molecular formula is C12H9N3O5. The first kappa shape index (κ1) is 13.4. The Hall–Kier alpha value is -3.03. The summed E-state index contributed by atoms with van der Waals surface area (Å²) < 4.78 is 5.31. The number of rotatable bonds is 4. The van der Waals surface area contributed by atoms with Crippen molar-refractivity contribution in [3.63, 3.8) is 0 Å². The average molecular weight is 275 g/mol. The summed E-state index contributed by atoms with van der Waals surface area (Å²) in [6.45, 7) is 1.62. The van der Waals surface area contributed by atoms with Gasteiger partial charge in [0.05, 0.1) is 16.2 Å². The Balaban J connectivity index is 2.48. The minimum Gasteiger partial charge on any atom is -0.478 e. The molecule has 8 heteroatoms. The molecular weight excluding hydrogens is 266 g/mol. The van der Waals surface area contributed by atoms with Crippen molar-refractivity contribution in [1.82, 2.24) is 9.97 Å². The van der Waals surface area contributed by atoms with E-state index in [1.807, 2.05) is 0 Å². The van der Waals surface area contributed by atoms with Gasteiger partial charge in [0.1, 0.15) is 0 Å². The molecule has 0 radical (unpaired) electrons. The molecule has 0 aliphatic carbocycles. The van der Waals surface area contributed by atoms with Crippen LogP contribution in [0.3, 0.4) is 0 Å². The summed E-state index contributed by atoms with van der Waals surface area (Å²) in [6, 6.07) is 3.29. The molecule has 8 nitrogen and oxygen atoms in total. The Morgan fingerprint density at radius 2 is 2.05 bits per heavy atom. The maximum absolute atomic E-state index is 10.9. The van der Waals surface area contributed by atoms with Gasteiger partial charge in [0.25, 0.3) is 0 Å². The number of carboxylic acid groups (broad SMARTS) is 1. The lowest BCUT2D eigenvalue weighted by molar-refractivity contribution is -0.385. The zero-order valence-electron chi connectivity index (χ0n) is 10.3. The van der Waals surface area contributed by atoms with Crippen LogP contribution in [0.25, 0.3) is 0 Å². The lowest BCUT2D eigenvalue weighted by atomic mass is 10.2. The molecule has 1 N–H and O–H groups in total. The second-order valence-electron chi connectivity index (χ2n) is 3.79. The maximum Gasteiger partial charge on any atom is 0.335 e. The highest BCUT2D eigenvalue weighted by Gasteiger charge is 2.19. The third-order valence-electron chi connectivity index (χ3n) is 2.45. The topological polar surface area (TPSA) is 115 Å². The number of hydrogen-bond donors (Lipinski definition) is 1. The number of carboxylic acids is 1. The van der Waals surface area contributed by atoms with Gasteiger partial charge >= 0.3 is 11.7 Å². The summed E-state index contributed by atoms with van der Waals surface area (Å²) in [5.41, 5.74) is -0.0327.